The molecule has 0 bridgehead atoms. The highest BCUT2D eigenvalue weighted by Gasteiger charge is 2.30. The molecule has 0 radical (unpaired) electrons. The molecule has 0 aromatic heterocycles. The average molecular weight is 365 g/mol. The number of hydrogen-bond donors (Lipinski definition) is 0. The van der Waals surface area contributed by atoms with Crippen molar-refractivity contribution in [1.29, 1.82) is 0 Å². The number of rotatable bonds is 6. The molecule has 1 amide bonds. The van der Waals surface area contributed by atoms with Crippen molar-refractivity contribution in [1.82, 2.24) is 4.90 Å². The minimum absolute atomic E-state index is 0.0122. The van der Waals surface area contributed by atoms with Crippen LogP contribution in [0, 0.1) is 5.92 Å². The van der Waals surface area contributed by atoms with Crippen LogP contribution < -0.4 is 4.90 Å². The van der Waals surface area contributed by atoms with Gasteiger partial charge in [-0.2, -0.15) is 0 Å². The molecule has 144 valence electrons. The first kappa shape index (κ1) is 19.6. The zero-order valence-electron chi connectivity index (χ0n) is 16.9. The van der Waals surface area contributed by atoms with Gasteiger partial charge in [-0.3, -0.25) is 9.69 Å². The number of benzene rings is 2. The summed E-state index contributed by atoms with van der Waals surface area (Å²) in [5.74, 6) is 0.249. The third-order valence-corrected chi connectivity index (χ3v) is 5.53. The van der Waals surface area contributed by atoms with Crippen LogP contribution in [0.15, 0.2) is 54.6 Å². The highest BCUT2D eigenvalue weighted by molar-refractivity contribution is 5.95. The van der Waals surface area contributed by atoms with Gasteiger partial charge < -0.3 is 4.90 Å². The summed E-state index contributed by atoms with van der Waals surface area (Å²) in [5.41, 5.74) is 3.72. The summed E-state index contributed by atoms with van der Waals surface area (Å²) < 4.78 is 0. The van der Waals surface area contributed by atoms with Gasteiger partial charge in [0, 0.05) is 37.3 Å². The first-order chi connectivity index (χ1) is 13.1. The number of likely N-dealkylation sites (tertiary alicyclic amines) is 1. The lowest BCUT2D eigenvalue weighted by Gasteiger charge is -2.39. The first-order valence-electron chi connectivity index (χ1n) is 10.3. The number of anilines is 1. The van der Waals surface area contributed by atoms with Crippen LogP contribution in [0.3, 0.4) is 0 Å². The van der Waals surface area contributed by atoms with Gasteiger partial charge in [-0.1, -0.05) is 63.2 Å². The lowest BCUT2D eigenvalue weighted by atomic mass is 9.99. The fourth-order valence-corrected chi connectivity index (χ4v) is 3.87. The van der Waals surface area contributed by atoms with E-state index < -0.39 is 0 Å². The Morgan fingerprint density at radius 3 is 2.19 bits per heavy atom. The van der Waals surface area contributed by atoms with Gasteiger partial charge >= 0.3 is 0 Å². The van der Waals surface area contributed by atoms with E-state index in [9.17, 15) is 4.79 Å². The lowest BCUT2D eigenvalue weighted by molar-refractivity contribution is -0.122. The Morgan fingerprint density at radius 2 is 1.63 bits per heavy atom. The highest BCUT2D eigenvalue weighted by Crippen LogP contribution is 2.27. The maximum Gasteiger partial charge on any atom is 0.229 e. The van der Waals surface area contributed by atoms with Crippen molar-refractivity contribution in [3.63, 3.8) is 0 Å². The Hall–Kier alpha value is -2.13. The first-order valence-corrected chi connectivity index (χ1v) is 10.3. The number of nitrogens with zero attached hydrogens (tertiary/aromatic N) is 2. The molecule has 2 aromatic rings. The topological polar surface area (TPSA) is 23.6 Å². The van der Waals surface area contributed by atoms with Crippen LogP contribution in [0.4, 0.5) is 5.69 Å². The van der Waals surface area contributed by atoms with Crippen LogP contribution in [-0.4, -0.2) is 29.9 Å². The lowest BCUT2D eigenvalue weighted by Crippen LogP contribution is -2.48. The third kappa shape index (κ3) is 4.98. The fourth-order valence-electron chi connectivity index (χ4n) is 3.87. The van der Waals surface area contributed by atoms with E-state index in [1.54, 1.807) is 0 Å². The molecule has 1 fully saturated rings. The van der Waals surface area contributed by atoms with Crippen LogP contribution in [0.25, 0.3) is 0 Å². The van der Waals surface area contributed by atoms with Crippen molar-refractivity contribution in [3.05, 3.63) is 65.7 Å². The molecule has 27 heavy (non-hydrogen) atoms. The van der Waals surface area contributed by atoms with Crippen molar-refractivity contribution >= 4 is 11.6 Å². The fraction of sp³-hybridized carbons (Fsp3) is 0.458. The van der Waals surface area contributed by atoms with Crippen LogP contribution in [0.5, 0.6) is 0 Å². The summed E-state index contributed by atoms with van der Waals surface area (Å²) in [4.78, 5) is 17.6. The van der Waals surface area contributed by atoms with Crippen molar-refractivity contribution in [3.8, 4) is 0 Å². The predicted octanol–water partition coefficient (Wildman–Crippen LogP) is 4.90. The maximum atomic E-state index is 13.0. The summed E-state index contributed by atoms with van der Waals surface area (Å²) in [6.45, 7) is 9.23. The number of aryl methyl sites for hydroxylation is 1. The monoisotopic (exact) mass is 364 g/mol. The molecular weight excluding hydrogens is 332 g/mol. The van der Waals surface area contributed by atoms with Gasteiger partial charge in [-0.05, 0) is 42.5 Å². The number of carbonyl (C=O) groups excluding carboxylic acids is 1. The second kappa shape index (κ2) is 9.18. The van der Waals surface area contributed by atoms with Gasteiger partial charge in [-0.15, -0.1) is 0 Å². The Kier molecular flexibility index (Phi) is 6.68. The standard InChI is InChI=1S/C24H32N2O/c1-4-20-10-12-22(13-11-20)26(24(27)19(2)3)23-14-16-25(17-15-23)18-21-8-6-5-7-9-21/h5-13,19,23H,4,14-18H2,1-3H3. The highest BCUT2D eigenvalue weighted by atomic mass is 16.2. The van der Waals surface area contributed by atoms with Crippen molar-refractivity contribution in [2.45, 2.75) is 52.6 Å². The molecule has 0 N–H and O–H groups in total. The molecule has 0 atom stereocenters. The molecule has 1 saturated heterocycles. The third-order valence-electron chi connectivity index (χ3n) is 5.53. The molecule has 0 spiro atoms. The number of carbonyl (C=O) groups is 1. The van der Waals surface area contributed by atoms with Gasteiger partial charge in [-0.25, -0.2) is 0 Å². The van der Waals surface area contributed by atoms with E-state index in [1.165, 1.54) is 11.1 Å². The SMILES string of the molecule is CCc1ccc(N(C(=O)C(C)C)C2CCN(Cc3ccccc3)CC2)cc1. The Labute approximate surface area is 164 Å². The minimum atomic E-state index is 0.0122. The quantitative estimate of drug-likeness (QED) is 0.728. The molecule has 0 unspecified atom stereocenters. The zero-order chi connectivity index (χ0) is 19.2. The van der Waals surface area contributed by atoms with Gasteiger partial charge in [0.15, 0.2) is 0 Å². The molecule has 3 nitrogen and oxygen atoms in total. The Balaban J connectivity index is 1.69. The summed E-state index contributed by atoms with van der Waals surface area (Å²) in [7, 11) is 0. The van der Waals surface area contributed by atoms with Crippen LogP contribution in [0.2, 0.25) is 0 Å². The molecule has 3 heteroatoms. The molecule has 1 aliphatic heterocycles. The van der Waals surface area contributed by atoms with Crippen molar-refractivity contribution in [2.24, 2.45) is 5.92 Å². The van der Waals surface area contributed by atoms with E-state index >= 15 is 0 Å². The summed E-state index contributed by atoms with van der Waals surface area (Å²) in [6.07, 6.45) is 3.08. The van der Waals surface area contributed by atoms with Gasteiger partial charge in [0.2, 0.25) is 5.91 Å². The van der Waals surface area contributed by atoms with E-state index in [2.05, 4.69) is 71.3 Å². The summed E-state index contributed by atoms with van der Waals surface area (Å²) in [6, 6.07) is 19.5. The summed E-state index contributed by atoms with van der Waals surface area (Å²) in [5, 5.41) is 0. The molecule has 2 aromatic carbocycles. The maximum absolute atomic E-state index is 13.0. The molecular formula is C24H32N2O. The largest absolute Gasteiger partial charge is 0.309 e. The zero-order valence-corrected chi connectivity index (χ0v) is 16.9. The van der Waals surface area contributed by atoms with Gasteiger partial charge in [0.25, 0.3) is 0 Å². The van der Waals surface area contributed by atoms with Crippen LogP contribution >= 0.6 is 0 Å². The van der Waals surface area contributed by atoms with Crippen LogP contribution in [-0.2, 0) is 17.8 Å². The van der Waals surface area contributed by atoms with Gasteiger partial charge in [0.05, 0.1) is 0 Å². The van der Waals surface area contributed by atoms with E-state index in [-0.39, 0.29) is 11.8 Å². The number of piperidine rings is 1. The minimum Gasteiger partial charge on any atom is -0.309 e. The molecule has 0 aliphatic carbocycles. The average Bonchev–Trinajstić information content (AvgIpc) is 2.70. The Morgan fingerprint density at radius 1 is 1.00 bits per heavy atom. The number of hydrogen-bond acceptors (Lipinski definition) is 2. The molecule has 1 heterocycles. The van der Waals surface area contributed by atoms with E-state index in [1.807, 2.05) is 13.8 Å². The predicted molar refractivity (Wildman–Crippen MR) is 113 cm³/mol. The van der Waals surface area contributed by atoms with Gasteiger partial charge in [0.1, 0.15) is 0 Å². The van der Waals surface area contributed by atoms with Crippen molar-refractivity contribution < 1.29 is 4.79 Å². The van der Waals surface area contributed by atoms with E-state index in [0.29, 0.717) is 6.04 Å². The van der Waals surface area contributed by atoms with E-state index in [4.69, 9.17) is 0 Å². The molecule has 1 aliphatic rings. The molecule has 0 saturated carbocycles. The Bertz CT molecular complexity index is 716. The second-order valence-electron chi connectivity index (χ2n) is 7.88. The summed E-state index contributed by atoms with van der Waals surface area (Å²) >= 11 is 0. The van der Waals surface area contributed by atoms with Crippen molar-refractivity contribution in [2.75, 3.05) is 18.0 Å². The smallest absolute Gasteiger partial charge is 0.229 e. The number of amides is 1. The van der Waals surface area contributed by atoms with E-state index in [0.717, 1.165) is 44.6 Å². The normalized spacial score (nSPS) is 15.9. The van der Waals surface area contributed by atoms with Crippen LogP contribution in [0.1, 0.15) is 44.7 Å². The second-order valence-corrected chi connectivity index (χ2v) is 7.88. The molecule has 3 rings (SSSR count).